The van der Waals surface area contributed by atoms with Crippen LogP contribution in [0.3, 0.4) is 0 Å². The second-order valence-corrected chi connectivity index (χ2v) is 6.66. The van der Waals surface area contributed by atoms with E-state index in [1.807, 2.05) is 17.0 Å². The van der Waals surface area contributed by atoms with Crippen molar-refractivity contribution in [3.05, 3.63) is 23.9 Å². The molecule has 0 saturated carbocycles. The Balaban J connectivity index is 1.68. The number of aromatic nitrogens is 1. The predicted molar refractivity (Wildman–Crippen MR) is 86.1 cm³/mol. The average molecular weight is 303 g/mol. The van der Waals surface area contributed by atoms with Crippen molar-refractivity contribution in [1.82, 2.24) is 9.88 Å². The number of ether oxygens (including phenoxy) is 1. The van der Waals surface area contributed by atoms with Gasteiger partial charge in [-0.05, 0) is 30.4 Å². The van der Waals surface area contributed by atoms with Crippen molar-refractivity contribution in [3.63, 3.8) is 0 Å². The normalized spacial score (nSPS) is 26.1. The Labute approximate surface area is 132 Å². The second-order valence-electron chi connectivity index (χ2n) is 6.66. The standard InChI is InChI=1S/C17H25N3O2/c1-13-9-14(2)12-20(11-13)17(21)15-3-4-16(18-10-15)19-5-7-22-8-6-19/h3-4,10,13-14H,5-9,11-12H2,1-2H3. The van der Waals surface area contributed by atoms with Crippen LogP contribution in [0.5, 0.6) is 0 Å². The number of amides is 1. The molecule has 2 aliphatic rings. The lowest BCUT2D eigenvalue weighted by Crippen LogP contribution is -2.42. The number of pyridine rings is 1. The molecule has 2 aliphatic heterocycles. The number of hydrogen-bond acceptors (Lipinski definition) is 4. The molecule has 22 heavy (non-hydrogen) atoms. The van der Waals surface area contributed by atoms with E-state index in [9.17, 15) is 4.79 Å². The molecule has 2 atom stereocenters. The molecule has 5 nitrogen and oxygen atoms in total. The molecule has 5 heteroatoms. The number of likely N-dealkylation sites (tertiary alicyclic amines) is 1. The molecule has 3 rings (SSSR count). The van der Waals surface area contributed by atoms with Crippen molar-refractivity contribution in [2.75, 3.05) is 44.3 Å². The smallest absolute Gasteiger partial charge is 0.255 e. The van der Waals surface area contributed by atoms with Crippen LogP contribution in [0.2, 0.25) is 0 Å². The molecule has 0 radical (unpaired) electrons. The lowest BCUT2D eigenvalue weighted by Gasteiger charge is -2.35. The molecule has 1 aromatic rings. The summed E-state index contributed by atoms with van der Waals surface area (Å²) >= 11 is 0. The summed E-state index contributed by atoms with van der Waals surface area (Å²) in [4.78, 5) is 21.3. The minimum atomic E-state index is 0.111. The fraction of sp³-hybridized carbons (Fsp3) is 0.647. The van der Waals surface area contributed by atoms with Gasteiger partial charge < -0.3 is 14.5 Å². The summed E-state index contributed by atoms with van der Waals surface area (Å²) in [6.45, 7) is 9.36. The van der Waals surface area contributed by atoms with Gasteiger partial charge in [-0.3, -0.25) is 4.79 Å². The van der Waals surface area contributed by atoms with Gasteiger partial charge >= 0.3 is 0 Å². The van der Waals surface area contributed by atoms with Crippen LogP contribution in [0, 0.1) is 11.8 Å². The third-order valence-electron chi connectivity index (χ3n) is 4.49. The predicted octanol–water partition coefficient (Wildman–Crippen LogP) is 2.04. The zero-order valence-electron chi connectivity index (χ0n) is 13.5. The van der Waals surface area contributed by atoms with Crippen molar-refractivity contribution in [3.8, 4) is 0 Å². The summed E-state index contributed by atoms with van der Waals surface area (Å²) in [6.07, 6.45) is 2.93. The van der Waals surface area contributed by atoms with E-state index in [2.05, 4.69) is 23.7 Å². The van der Waals surface area contributed by atoms with Gasteiger partial charge in [0.15, 0.2) is 0 Å². The fourth-order valence-corrected chi connectivity index (χ4v) is 3.50. The quantitative estimate of drug-likeness (QED) is 0.839. The topological polar surface area (TPSA) is 45.7 Å². The Hall–Kier alpha value is -1.62. The van der Waals surface area contributed by atoms with Crippen LogP contribution in [-0.2, 0) is 4.74 Å². The Morgan fingerprint density at radius 3 is 2.45 bits per heavy atom. The van der Waals surface area contributed by atoms with E-state index in [0.29, 0.717) is 17.4 Å². The number of hydrogen-bond donors (Lipinski definition) is 0. The molecule has 120 valence electrons. The van der Waals surface area contributed by atoms with E-state index in [1.165, 1.54) is 6.42 Å². The average Bonchev–Trinajstić information content (AvgIpc) is 2.54. The van der Waals surface area contributed by atoms with Gasteiger partial charge in [0.25, 0.3) is 5.91 Å². The molecule has 2 unspecified atom stereocenters. The highest BCUT2D eigenvalue weighted by molar-refractivity contribution is 5.94. The first-order valence-corrected chi connectivity index (χ1v) is 8.21. The third-order valence-corrected chi connectivity index (χ3v) is 4.49. The summed E-state index contributed by atoms with van der Waals surface area (Å²) in [5.41, 5.74) is 0.693. The summed E-state index contributed by atoms with van der Waals surface area (Å²) in [6, 6.07) is 3.86. The fourth-order valence-electron chi connectivity index (χ4n) is 3.50. The lowest BCUT2D eigenvalue weighted by atomic mass is 9.91. The Morgan fingerprint density at radius 1 is 1.18 bits per heavy atom. The number of carbonyl (C=O) groups is 1. The molecule has 0 aliphatic carbocycles. The molecule has 2 saturated heterocycles. The Bertz CT molecular complexity index is 501. The van der Waals surface area contributed by atoms with Gasteiger partial charge in [-0.1, -0.05) is 13.8 Å². The molecule has 3 heterocycles. The van der Waals surface area contributed by atoms with Crippen LogP contribution in [-0.4, -0.2) is 55.2 Å². The highest BCUT2D eigenvalue weighted by Crippen LogP contribution is 2.23. The minimum Gasteiger partial charge on any atom is -0.378 e. The van der Waals surface area contributed by atoms with Crippen molar-refractivity contribution >= 4 is 11.7 Å². The molecule has 0 N–H and O–H groups in total. The van der Waals surface area contributed by atoms with Gasteiger partial charge in [-0.15, -0.1) is 0 Å². The van der Waals surface area contributed by atoms with E-state index in [-0.39, 0.29) is 5.91 Å². The van der Waals surface area contributed by atoms with Crippen molar-refractivity contribution in [2.45, 2.75) is 20.3 Å². The molecule has 1 aromatic heterocycles. The molecule has 2 fully saturated rings. The van der Waals surface area contributed by atoms with Crippen molar-refractivity contribution < 1.29 is 9.53 Å². The molecule has 0 aromatic carbocycles. The van der Waals surface area contributed by atoms with E-state index < -0.39 is 0 Å². The second kappa shape index (κ2) is 6.65. The highest BCUT2D eigenvalue weighted by Gasteiger charge is 2.26. The maximum Gasteiger partial charge on any atom is 0.255 e. The van der Waals surface area contributed by atoms with E-state index >= 15 is 0 Å². The van der Waals surface area contributed by atoms with Crippen molar-refractivity contribution in [1.29, 1.82) is 0 Å². The van der Waals surface area contributed by atoms with Gasteiger partial charge in [0, 0.05) is 32.4 Å². The van der Waals surface area contributed by atoms with Crippen LogP contribution < -0.4 is 4.90 Å². The summed E-state index contributed by atoms with van der Waals surface area (Å²) in [5.74, 6) is 2.20. The highest BCUT2D eigenvalue weighted by atomic mass is 16.5. The van der Waals surface area contributed by atoms with E-state index in [0.717, 1.165) is 45.2 Å². The van der Waals surface area contributed by atoms with Crippen molar-refractivity contribution in [2.24, 2.45) is 11.8 Å². The van der Waals surface area contributed by atoms with Crippen LogP contribution in [0.1, 0.15) is 30.6 Å². The Kier molecular flexibility index (Phi) is 4.62. The van der Waals surface area contributed by atoms with Gasteiger partial charge in [0.2, 0.25) is 0 Å². The van der Waals surface area contributed by atoms with E-state index in [1.54, 1.807) is 6.20 Å². The maximum absolute atomic E-state index is 12.6. The zero-order chi connectivity index (χ0) is 15.5. The molecule has 0 bridgehead atoms. The van der Waals surface area contributed by atoms with Gasteiger partial charge in [-0.2, -0.15) is 0 Å². The SMILES string of the molecule is CC1CC(C)CN(C(=O)c2ccc(N3CCOCC3)nc2)C1. The number of piperidine rings is 1. The van der Waals surface area contributed by atoms with Crippen LogP contribution in [0.15, 0.2) is 18.3 Å². The number of morpholine rings is 1. The number of carbonyl (C=O) groups excluding carboxylic acids is 1. The van der Waals surface area contributed by atoms with Gasteiger partial charge in [-0.25, -0.2) is 4.98 Å². The van der Waals surface area contributed by atoms with E-state index in [4.69, 9.17) is 4.74 Å². The minimum absolute atomic E-state index is 0.111. The summed E-state index contributed by atoms with van der Waals surface area (Å²) in [7, 11) is 0. The number of rotatable bonds is 2. The molecular formula is C17H25N3O2. The van der Waals surface area contributed by atoms with Crippen LogP contribution in [0.25, 0.3) is 0 Å². The first-order valence-electron chi connectivity index (χ1n) is 8.21. The zero-order valence-corrected chi connectivity index (χ0v) is 13.5. The van der Waals surface area contributed by atoms with Gasteiger partial charge in [0.1, 0.15) is 5.82 Å². The molecule has 0 spiro atoms. The number of nitrogens with zero attached hydrogens (tertiary/aromatic N) is 3. The first kappa shape index (κ1) is 15.3. The monoisotopic (exact) mass is 303 g/mol. The van der Waals surface area contributed by atoms with Gasteiger partial charge in [0.05, 0.1) is 18.8 Å². The Morgan fingerprint density at radius 2 is 1.86 bits per heavy atom. The molecular weight excluding hydrogens is 278 g/mol. The third kappa shape index (κ3) is 3.40. The van der Waals surface area contributed by atoms with Crippen LogP contribution in [0.4, 0.5) is 5.82 Å². The van der Waals surface area contributed by atoms with Crippen LogP contribution >= 0.6 is 0 Å². The molecule has 1 amide bonds. The summed E-state index contributed by atoms with van der Waals surface area (Å²) < 4.78 is 5.35. The number of anilines is 1. The summed E-state index contributed by atoms with van der Waals surface area (Å²) in [5, 5.41) is 0. The lowest BCUT2D eigenvalue weighted by molar-refractivity contribution is 0.0622. The first-order chi connectivity index (χ1) is 10.6. The maximum atomic E-state index is 12.6. The largest absolute Gasteiger partial charge is 0.378 e.